The number of benzene rings is 1. The summed E-state index contributed by atoms with van der Waals surface area (Å²) >= 11 is 0. The van der Waals surface area contributed by atoms with Crippen molar-refractivity contribution in [2.24, 2.45) is 5.92 Å². The topological polar surface area (TPSA) is 59.0 Å². The van der Waals surface area contributed by atoms with E-state index in [0.29, 0.717) is 18.0 Å². The smallest absolute Gasteiger partial charge is 0.254 e. The molecule has 24 heavy (non-hydrogen) atoms. The fourth-order valence-electron chi connectivity index (χ4n) is 3.03. The van der Waals surface area contributed by atoms with Crippen molar-refractivity contribution in [1.29, 1.82) is 0 Å². The van der Waals surface area contributed by atoms with E-state index in [0.717, 1.165) is 31.7 Å². The van der Waals surface area contributed by atoms with Gasteiger partial charge >= 0.3 is 0 Å². The van der Waals surface area contributed by atoms with Crippen molar-refractivity contribution in [2.45, 2.75) is 26.3 Å². The first-order valence-electron chi connectivity index (χ1n) is 8.29. The van der Waals surface area contributed by atoms with Gasteiger partial charge in [-0.05, 0) is 44.3 Å². The Hall–Kier alpha value is -1.85. The highest BCUT2D eigenvalue weighted by atomic mass is 35.5. The molecule has 1 aliphatic rings. The van der Waals surface area contributed by atoms with Crippen LogP contribution >= 0.6 is 12.4 Å². The normalized spacial score (nSPS) is 16.6. The van der Waals surface area contributed by atoms with Gasteiger partial charge in [0.25, 0.3) is 5.91 Å². The third-order valence-corrected chi connectivity index (χ3v) is 4.52. The van der Waals surface area contributed by atoms with Gasteiger partial charge in [0.2, 0.25) is 0 Å². The Labute approximate surface area is 149 Å². The lowest BCUT2D eigenvalue weighted by Crippen LogP contribution is -2.26. The highest BCUT2D eigenvalue weighted by Crippen LogP contribution is 2.12. The Morgan fingerprint density at radius 3 is 2.88 bits per heavy atom. The number of carbonyl (C=O) groups excluding carboxylic acids is 1. The van der Waals surface area contributed by atoms with Gasteiger partial charge in [-0.2, -0.15) is 5.10 Å². The summed E-state index contributed by atoms with van der Waals surface area (Å²) < 4.78 is 1.88. The number of nitrogens with zero attached hydrogens (tertiary/aromatic N) is 2. The minimum absolute atomic E-state index is 0. The van der Waals surface area contributed by atoms with E-state index >= 15 is 0 Å². The van der Waals surface area contributed by atoms with E-state index in [4.69, 9.17) is 0 Å². The van der Waals surface area contributed by atoms with Crippen molar-refractivity contribution in [3.8, 4) is 0 Å². The van der Waals surface area contributed by atoms with Gasteiger partial charge in [-0.1, -0.05) is 30.3 Å². The summed E-state index contributed by atoms with van der Waals surface area (Å²) in [5.41, 5.74) is 2.76. The molecule has 0 spiro atoms. The van der Waals surface area contributed by atoms with Crippen LogP contribution in [0.1, 0.15) is 34.5 Å². The molecule has 1 aromatic heterocycles. The van der Waals surface area contributed by atoms with Crippen LogP contribution in [0.2, 0.25) is 0 Å². The summed E-state index contributed by atoms with van der Waals surface area (Å²) in [5, 5.41) is 10.7. The van der Waals surface area contributed by atoms with Crippen molar-refractivity contribution in [2.75, 3.05) is 19.6 Å². The fraction of sp³-hybridized carbons (Fsp3) is 0.444. The van der Waals surface area contributed by atoms with Gasteiger partial charge in [0.1, 0.15) is 0 Å². The summed E-state index contributed by atoms with van der Waals surface area (Å²) in [6.45, 7) is 5.54. The van der Waals surface area contributed by atoms with Crippen molar-refractivity contribution < 1.29 is 4.79 Å². The van der Waals surface area contributed by atoms with Crippen LogP contribution in [-0.2, 0) is 6.54 Å². The maximum absolute atomic E-state index is 12.3. The minimum Gasteiger partial charge on any atom is -0.352 e. The molecule has 1 saturated heterocycles. The number of hydrogen-bond donors (Lipinski definition) is 2. The summed E-state index contributed by atoms with van der Waals surface area (Å²) in [6.07, 6.45) is 3.92. The maximum Gasteiger partial charge on any atom is 0.254 e. The second-order valence-corrected chi connectivity index (χ2v) is 6.19. The first-order chi connectivity index (χ1) is 11.2. The largest absolute Gasteiger partial charge is 0.352 e. The molecular weight excluding hydrogens is 324 g/mol. The van der Waals surface area contributed by atoms with Crippen molar-refractivity contribution in [3.05, 3.63) is 53.3 Å². The minimum atomic E-state index is -0.0206. The number of amides is 1. The van der Waals surface area contributed by atoms with Crippen LogP contribution in [0.15, 0.2) is 36.5 Å². The van der Waals surface area contributed by atoms with Crippen LogP contribution in [0.3, 0.4) is 0 Å². The quantitative estimate of drug-likeness (QED) is 0.842. The van der Waals surface area contributed by atoms with Crippen LogP contribution in [0.25, 0.3) is 0 Å². The summed E-state index contributed by atoms with van der Waals surface area (Å²) in [5.74, 6) is 0.671. The lowest BCUT2D eigenvalue weighted by atomic mass is 10.1. The predicted octanol–water partition coefficient (Wildman–Crippen LogP) is 2.39. The Balaban J connectivity index is 0.00000208. The molecule has 1 fully saturated rings. The van der Waals surface area contributed by atoms with E-state index in [-0.39, 0.29) is 18.3 Å². The standard InChI is InChI=1S/C18H24N4O.ClH/c1-14-17(18(23)20-10-8-15-7-9-19-11-15)12-21-22(14)13-16-5-3-2-4-6-16;/h2-6,12,15,19H,7-11,13H2,1H3,(H,20,23);1H. The molecule has 3 rings (SSSR count). The zero-order chi connectivity index (χ0) is 16.1. The number of halogens is 1. The molecule has 5 nitrogen and oxygen atoms in total. The monoisotopic (exact) mass is 348 g/mol. The Kier molecular flexibility index (Phi) is 6.82. The zero-order valence-electron chi connectivity index (χ0n) is 14.0. The molecule has 130 valence electrons. The van der Waals surface area contributed by atoms with Gasteiger partial charge in [-0.3, -0.25) is 9.48 Å². The van der Waals surface area contributed by atoms with Crippen LogP contribution in [0.4, 0.5) is 0 Å². The highest BCUT2D eigenvalue weighted by molar-refractivity contribution is 5.95. The van der Waals surface area contributed by atoms with E-state index in [2.05, 4.69) is 27.9 Å². The molecule has 1 aliphatic heterocycles. The first kappa shape index (κ1) is 18.5. The predicted molar refractivity (Wildman–Crippen MR) is 97.7 cm³/mol. The Bertz CT molecular complexity index is 650. The molecule has 0 saturated carbocycles. The first-order valence-corrected chi connectivity index (χ1v) is 8.29. The molecule has 2 N–H and O–H groups in total. The van der Waals surface area contributed by atoms with Gasteiger partial charge in [-0.15, -0.1) is 12.4 Å². The molecule has 1 unspecified atom stereocenters. The van der Waals surface area contributed by atoms with Crippen LogP contribution in [0.5, 0.6) is 0 Å². The third-order valence-electron chi connectivity index (χ3n) is 4.52. The second-order valence-electron chi connectivity index (χ2n) is 6.19. The molecule has 1 atom stereocenters. The molecule has 1 aromatic carbocycles. The molecular formula is C18H25ClN4O. The molecule has 1 amide bonds. The zero-order valence-corrected chi connectivity index (χ0v) is 14.8. The number of hydrogen-bond acceptors (Lipinski definition) is 3. The average molecular weight is 349 g/mol. The van der Waals surface area contributed by atoms with Crippen LogP contribution < -0.4 is 10.6 Å². The van der Waals surface area contributed by atoms with E-state index in [9.17, 15) is 4.79 Å². The van der Waals surface area contributed by atoms with E-state index in [1.54, 1.807) is 6.20 Å². The molecule has 0 radical (unpaired) electrons. The SMILES string of the molecule is Cc1c(C(=O)NCCC2CCNC2)cnn1Cc1ccccc1.Cl. The molecule has 2 aromatic rings. The molecule has 2 heterocycles. The lowest BCUT2D eigenvalue weighted by Gasteiger charge is -2.09. The Morgan fingerprint density at radius 2 is 2.17 bits per heavy atom. The summed E-state index contributed by atoms with van der Waals surface area (Å²) in [4.78, 5) is 12.3. The maximum atomic E-state index is 12.3. The number of aromatic nitrogens is 2. The van der Waals surface area contributed by atoms with Gasteiger partial charge in [0.05, 0.1) is 18.3 Å². The number of carbonyl (C=O) groups is 1. The van der Waals surface area contributed by atoms with Crippen LogP contribution in [0, 0.1) is 12.8 Å². The third kappa shape index (κ3) is 4.58. The molecule has 0 bridgehead atoms. The highest BCUT2D eigenvalue weighted by Gasteiger charge is 2.16. The van der Waals surface area contributed by atoms with E-state index in [1.165, 1.54) is 12.0 Å². The second kappa shape index (κ2) is 8.85. The van der Waals surface area contributed by atoms with Crippen LogP contribution in [-0.4, -0.2) is 35.3 Å². The number of nitrogens with one attached hydrogen (secondary N) is 2. The number of rotatable bonds is 6. The van der Waals surface area contributed by atoms with Crippen molar-refractivity contribution >= 4 is 18.3 Å². The van der Waals surface area contributed by atoms with E-state index in [1.807, 2.05) is 29.8 Å². The average Bonchev–Trinajstić information content (AvgIpc) is 3.19. The summed E-state index contributed by atoms with van der Waals surface area (Å²) in [7, 11) is 0. The van der Waals surface area contributed by atoms with E-state index < -0.39 is 0 Å². The van der Waals surface area contributed by atoms with Crippen molar-refractivity contribution in [3.63, 3.8) is 0 Å². The summed E-state index contributed by atoms with van der Waals surface area (Å²) in [6, 6.07) is 10.2. The molecule has 6 heteroatoms. The van der Waals surface area contributed by atoms with Gasteiger partial charge < -0.3 is 10.6 Å². The van der Waals surface area contributed by atoms with Gasteiger partial charge in [0.15, 0.2) is 0 Å². The van der Waals surface area contributed by atoms with Crippen molar-refractivity contribution in [1.82, 2.24) is 20.4 Å². The van der Waals surface area contributed by atoms with Gasteiger partial charge in [0, 0.05) is 12.2 Å². The lowest BCUT2D eigenvalue weighted by molar-refractivity contribution is 0.0951. The Morgan fingerprint density at radius 1 is 1.38 bits per heavy atom. The van der Waals surface area contributed by atoms with Gasteiger partial charge in [-0.25, -0.2) is 0 Å². The molecule has 0 aliphatic carbocycles. The fourth-order valence-corrected chi connectivity index (χ4v) is 3.03.